The molecule has 4 heteroatoms. The number of rotatable bonds is 3. The predicted octanol–water partition coefficient (Wildman–Crippen LogP) is 1.20. The van der Waals surface area contributed by atoms with Crippen LogP contribution in [0.3, 0.4) is 0 Å². The Morgan fingerprint density at radius 2 is 2.29 bits per heavy atom. The van der Waals surface area contributed by atoms with Crippen LogP contribution in [-0.4, -0.2) is 17.6 Å². The van der Waals surface area contributed by atoms with Crippen molar-refractivity contribution in [2.75, 3.05) is 6.54 Å². The molecular formula is C13H14FNO2. The summed E-state index contributed by atoms with van der Waals surface area (Å²) in [4.78, 5) is 10.6. The molecule has 0 aromatic heterocycles. The van der Waals surface area contributed by atoms with Crippen LogP contribution in [0.4, 0.5) is 4.39 Å². The van der Waals surface area contributed by atoms with E-state index in [0.717, 1.165) is 0 Å². The first-order valence-electron chi connectivity index (χ1n) is 5.26. The molecule has 1 aromatic carbocycles. The van der Waals surface area contributed by atoms with Crippen LogP contribution in [0.15, 0.2) is 18.2 Å². The first-order chi connectivity index (χ1) is 8.13. The Bertz CT molecular complexity index is 460. The van der Waals surface area contributed by atoms with Gasteiger partial charge in [-0.1, -0.05) is 17.9 Å². The summed E-state index contributed by atoms with van der Waals surface area (Å²) in [5, 5.41) is 11.4. The molecular weight excluding hydrogens is 221 g/mol. The molecule has 17 heavy (non-hydrogen) atoms. The highest BCUT2D eigenvalue weighted by Gasteiger charge is 2.00. The van der Waals surface area contributed by atoms with E-state index < -0.39 is 5.82 Å². The van der Waals surface area contributed by atoms with E-state index in [0.29, 0.717) is 18.5 Å². The zero-order valence-corrected chi connectivity index (χ0v) is 9.59. The van der Waals surface area contributed by atoms with Crippen LogP contribution < -0.4 is 5.32 Å². The first kappa shape index (κ1) is 13.2. The average molecular weight is 235 g/mol. The van der Waals surface area contributed by atoms with E-state index in [1.807, 2.05) is 0 Å². The molecule has 1 aromatic rings. The quantitative estimate of drug-likeness (QED) is 0.611. The van der Waals surface area contributed by atoms with Gasteiger partial charge in [-0.3, -0.25) is 4.79 Å². The van der Waals surface area contributed by atoms with Crippen molar-refractivity contribution in [1.82, 2.24) is 5.32 Å². The summed E-state index contributed by atoms with van der Waals surface area (Å²) in [6, 6.07) is 4.45. The molecule has 90 valence electrons. The zero-order chi connectivity index (χ0) is 12.7. The summed E-state index contributed by atoms with van der Waals surface area (Å²) in [6.07, 6.45) is 0.517. The smallest absolute Gasteiger partial charge is 0.216 e. The van der Waals surface area contributed by atoms with E-state index in [9.17, 15) is 9.18 Å². The van der Waals surface area contributed by atoms with Gasteiger partial charge in [-0.25, -0.2) is 4.39 Å². The van der Waals surface area contributed by atoms with E-state index in [2.05, 4.69) is 17.2 Å². The van der Waals surface area contributed by atoms with Crippen LogP contribution in [0.25, 0.3) is 0 Å². The number of carbonyl (C=O) groups excluding carboxylic acids is 1. The molecule has 0 saturated heterocycles. The Labute approximate surface area is 99.7 Å². The van der Waals surface area contributed by atoms with Crippen LogP contribution >= 0.6 is 0 Å². The number of nitrogens with one attached hydrogen (secondary N) is 1. The van der Waals surface area contributed by atoms with Crippen molar-refractivity contribution in [3.63, 3.8) is 0 Å². The number of hydrogen-bond acceptors (Lipinski definition) is 2. The number of aliphatic hydroxyl groups excluding tert-OH is 1. The van der Waals surface area contributed by atoms with Crippen molar-refractivity contribution in [3.8, 4) is 11.8 Å². The highest BCUT2D eigenvalue weighted by Crippen LogP contribution is 2.09. The molecule has 0 aliphatic rings. The van der Waals surface area contributed by atoms with Crippen molar-refractivity contribution in [2.24, 2.45) is 0 Å². The van der Waals surface area contributed by atoms with Crippen molar-refractivity contribution >= 4 is 5.91 Å². The fourth-order valence-corrected chi connectivity index (χ4v) is 1.22. The minimum Gasteiger partial charge on any atom is -0.392 e. The van der Waals surface area contributed by atoms with Gasteiger partial charge in [-0.2, -0.15) is 0 Å². The zero-order valence-electron chi connectivity index (χ0n) is 9.59. The highest BCUT2D eigenvalue weighted by atomic mass is 19.1. The molecule has 0 fully saturated rings. The highest BCUT2D eigenvalue weighted by molar-refractivity contribution is 5.72. The maximum absolute atomic E-state index is 13.2. The van der Waals surface area contributed by atoms with Gasteiger partial charge in [-0.05, 0) is 12.1 Å². The lowest BCUT2D eigenvalue weighted by Crippen LogP contribution is -2.20. The second-order valence-corrected chi connectivity index (χ2v) is 3.50. The summed E-state index contributed by atoms with van der Waals surface area (Å²) in [7, 11) is 0. The summed E-state index contributed by atoms with van der Waals surface area (Å²) in [6.45, 7) is 1.61. The molecule has 0 atom stereocenters. The fourth-order valence-electron chi connectivity index (χ4n) is 1.22. The molecule has 0 bridgehead atoms. The van der Waals surface area contributed by atoms with E-state index >= 15 is 0 Å². The third-order valence-electron chi connectivity index (χ3n) is 2.08. The monoisotopic (exact) mass is 235 g/mol. The number of amides is 1. The van der Waals surface area contributed by atoms with E-state index in [4.69, 9.17) is 5.11 Å². The lowest BCUT2D eigenvalue weighted by molar-refractivity contribution is -0.118. The molecule has 0 aliphatic heterocycles. The second kappa shape index (κ2) is 6.66. The maximum atomic E-state index is 13.2. The maximum Gasteiger partial charge on any atom is 0.216 e. The number of hydrogen-bond donors (Lipinski definition) is 2. The van der Waals surface area contributed by atoms with Gasteiger partial charge in [-0.15, -0.1) is 0 Å². The Morgan fingerprint density at radius 3 is 2.88 bits per heavy atom. The Kier molecular flexibility index (Phi) is 5.18. The third-order valence-corrected chi connectivity index (χ3v) is 2.08. The van der Waals surface area contributed by atoms with E-state index in [-0.39, 0.29) is 18.1 Å². The lowest BCUT2D eigenvalue weighted by atomic mass is 10.1. The predicted molar refractivity (Wildman–Crippen MR) is 62.5 cm³/mol. The normalized spacial score (nSPS) is 9.35. The van der Waals surface area contributed by atoms with Crippen molar-refractivity contribution in [3.05, 3.63) is 35.1 Å². The third kappa shape index (κ3) is 4.66. The van der Waals surface area contributed by atoms with Gasteiger partial charge in [0.2, 0.25) is 5.91 Å². The molecule has 0 heterocycles. The molecule has 0 aliphatic carbocycles. The van der Waals surface area contributed by atoms with Crippen LogP contribution in [0.5, 0.6) is 0 Å². The Morgan fingerprint density at radius 1 is 1.53 bits per heavy atom. The van der Waals surface area contributed by atoms with Gasteiger partial charge < -0.3 is 10.4 Å². The lowest BCUT2D eigenvalue weighted by Gasteiger charge is -1.98. The molecule has 3 nitrogen and oxygen atoms in total. The van der Waals surface area contributed by atoms with Gasteiger partial charge in [0.1, 0.15) is 5.82 Å². The molecule has 1 amide bonds. The van der Waals surface area contributed by atoms with Crippen molar-refractivity contribution in [2.45, 2.75) is 20.0 Å². The molecule has 1 rings (SSSR count). The van der Waals surface area contributed by atoms with Gasteiger partial charge >= 0.3 is 0 Å². The summed E-state index contributed by atoms with van der Waals surface area (Å²) < 4.78 is 13.2. The minimum atomic E-state index is -0.457. The van der Waals surface area contributed by atoms with Crippen LogP contribution in [-0.2, 0) is 11.4 Å². The number of halogens is 1. The number of carbonyl (C=O) groups is 1. The summed E-state index contributed by atoms with van der Waals surface area (Å²) in [5.41, 5.74) is 0.816. The SMILES string of the molecule is CC(=O)NCCC#Cc1ccc(CO)c(F)c1. The molecule has 0 saturated carbocycles. The largest absolute Gasteiger partial charge is 0.392 e. The molecule has 0 spiro atoms. The van der Waals surface area contributed by atoms with Crippen LogP contribution in [0, 0.1) is 17.7 Å². The average Bonchev–Trinajstić information content (AvgIpc) is 2.28. The Balaban J connectivity index is 2.54. The van der Waals surface area contributed by atoms with Gasteiger partial charge in [0.05, 0.1) is 6.61 Å². The summed E-state index contributed by atoms with van der Waals surface area (Å²) >= 11 is 0. The topological polar surface area (TPSA) is 49.3 Å². The fraction of sp³-hybridized carbons (Fsp3) is 0.308. The molecule has 0 unspecified atom stereocenters. The van der Waals surface area contributed by atoms with E-state index in [1.54, 1.807) is 6.07 Å². The van der Waals surface area contributed by atoms with E-state index in [1.165, 1.54) is 19.1 Å². The minimum absolute atomic E-state index is 0.0925. The Hall–Kier alpha value is -1.86. The van der Waals surface area contributed by atoms with Gasteiger partial charge in [0.15, 0.2) is 0 Å². The van der Waals surface area contributed by atoms with Crippen molar-refractivity contribution < 1.29 is 14.3 Å². The first-order valence-corrected chi connectivity index (χ1v) is 5.26. The summed E-state index contributed by atoms with van der Waals surface area (Å²) in [5.74, 6) is 5.07. The number of aliphatic hydroxyl groups is 1. The standard InChI is InChI=1S/C13H14FNO2/c1-10(17)15-7-3-2-4-11-5-6-12(9-16)13(14)8-11/h5-6,8,16H,3,7,9H2,1H3,(H,15,17). The van der Waals surface area contributed by atoms with Crippen LogP contribution in [0.2, 0.25) is 0 Å². The molecule has 0 radical (unpaired) electrons. The van der Waals surface area contributed by atoms with Crippen LogP contribution in [0.1, 0.15) is 24.5 Å². The van der Waals surface area contributed by atoms with Gasteiger partial charge in [0.25, 0.3) is 0 Å². The van der Waals surface area contributed by atoms with Crippen molar-refractivity contribution in [1.29, 1.82) is 0 Å². The second-order valence-electron chi connectivity index (χ2n) is 3.50. The van der Waals surface area contributed by atoms with Gasteiger partial charge in [0, 0.05) is 31.0 Å². The number of benzene rings is 1. The molecule has 2 N–H and O–H groups in total.